The van der Waals surface area contributed by atoms with Crippen molar-refractivity contribution in [2.24, 2.45) is 0 Å². The molecule has 0 aliphatic heterocycles. The Bertz CT molecular complexity index is 811. The van der Waals surface area contributed by atoms with Gasteiger partial charge in [0.25, 0.3) is 0 Å². The Labute approximate surface area is 133 Å². The molecule has 0 fully saturated rings. The Morgan fingerprint density at radius 3 is 2.78 bits per heavy atom. The molecular formula is C16H18N6O. The van der Waals surface area contributed by atoms with Crippen molar-refractivity contribution in [1.29, 1.82) is 0 Å². The summed E-state index contributed by atoms with van der Waals surface area (Å²) in [6.45, 7) is 3.88. The zero-order valence-corrected chi connectivity index (χ0v) is 13.0. The number of amides is 1. The monoisotopic (exact) mass is 310 g/mol. The number of fused-ring (bicyclic) bond motifs is 1. The van der Waals surface area contributed by atoms with Crippen molar-refractivity contribution in [2.75, 3.05) is 10.6 Å². The molecule has 1 atom stereocenters. The summed E-state index contributed by atoms with van der Waals surface area (Å²) >= 11 is 0. The number of carbonyl (C=O) groups is 1. The third-order valence-corrected chi connectivity index (χ3v) is 3.62. The standard InChI is InChI=1S/C16H18N6O/c1-3-14(23)21-12-6-4-11(5-7-12)10(2)20-15-13-8-19-22-16(13)18-9-17-15/h4-10H,3H2,1-2H3,(H,21,23)(H2,17,18,19,20,22). The Morgan fingerprint density at radius 1 is 1.26 bits per heavy atom. The lowest BCUT2D eigenvalue weighted by Gasteiger charge is -2.16. The van der Waals surface area contributed by atoms with E-state index in [1.54, 1.807) is 6.20 Å². The minimum atomic E-state index is 0.00672. The van der Waals surface area contributed by atoms with E-state index in [-0.39, 0.29) is 11.9 Å². The molecule has 7 heteroatoms. The highest BCUT2D eigenvalue weighted by Gasteiger charge is 2.10. The van der Waals surface area contributed by atoms with Gasteiger partial charge in [-0.05, 0) is 24.6 Å². The summed E-state index contributed by atoms with van der Waals surface area (Å²) in [6, 6.07) is 7.81. The van der Waals surface area contributed by atoms with Gasteiger partial charge in [-0.15, -0.1) is 0 Å². The predicted octanol–water partition coefficient (Wildman–Crippen LogP) is 2.87. The molecule has 0 saturated carbocycles. The molecule has 0 aliphatic carbocycles. The molecule has 7 nitrogen and oxygen atoms in total. The van der Waals surface area contributed by atoms with Gasteiger partial charge in [0, 0.05) is 18.2 Å². The quantitative estimate of drug-likeness (QED) is 0.673. The molecule has 1 unspecified atom stereocenters. The summed E-state index contributed by atoms with van der Waals surface area (Å²) in [5.41, 5.74) is 2.59. The highest BCUT2D eigenvalue weighted by molar-refractivity contribution is 5.90. The third-order valence-electron chi connectivity index (χ3n) is 3.62. The number of hydrogen-bond donors (Lipinski definition) is 3. The van der Waals surface area contributed by atoms with Crippen LogP contribution in [0, 0.1) is 0 Å². The van der Waals surface area contributed by atoms with Crippen LogP contribution < -0.4 is 10.6 Å². The second-order valence-corrected chi connectivity index (χ2v) is 5.24. The summed E-state index contributed by atoms with van der Waals surface area (Å²) in [4.78, 5) is 19.8. The Morgan fingerprint density at radius 2 is 2.04 bits per heavy atom. The first kappa shape index (κ1) is 15.0. The molecule has 1 aromatic carbocycles. The van der Waals surface area contributed by atoms with Crippen LogP contribution in [0.4, 0.5) is 11.5 Å². The topological polar surface area (TPSA) is 95.6 Å². The van der Waals surface area contributed by atoms with E-state index < -0.39 is 0 Å². The Hall–Kier alpha value is -2.96. The van der Waals surface area contributed by atoms with Crippen LogP contribution in [0.15, 0.2) is 36.8 Å². The molecule has 0 spiro atoms. The van der Waals surface area contributed by atoms with Crippen molar-refractivity contribution in [3.05, 3.63) is 42.4 Å². The van der Waals surface area contributed by atoms with Gasteiger partial charge >= 0.3 is 0 Å². The second-order valence-electron chi connectivity index (χ2n) is 5.24. The van der Waals surface area contributed by atoms with Crippen molar-refractivity contribution < 1.29 is 4.79 Å². The van der Waals surface area contributed by atoms with Gasteiger partial charge in [0.15, 0.2) is 5.65 Å². The van der Waals surface area contributed by atoms with Crippen molar-refractivity contribution in [3.63, 3.8) is 0 Å². The van der Waals surface area contributed by atoms with E-state index in [9.17, 15) is 4.79 Å². The molecule has 2 heterocycles. The molecule has 3 aromatic rings. The van der Waals surface area contributed by atoms with E-state index in [1.807, 2.05) is 38.1 Å². The maximum atomic E-state index is 11.4. The van der Waals surface area contributed by atoms with Gasteiger partial charge in [0.05, 0.1) is 11.6 Å². The Kier molecular flexibility index (Phi) is 4.18. The van der Waals surface area contributed by atoms with Crippen molar-refractivity contribution >= 4 is 28.4 Å². The zero-order chi connectivity index (χ0) is 16.2. The summed E-state index contributed by atoms with van der Waals surface area (Å²) in [7, 11) is 0. The van der Waals surface area contributed by atoms with Crippen LogP contribution >= 0.6 is 0 Å². The summed E-state index contributed by atoms with van der Waals surface area (Å²) in [5, 5.41) is 13.9. The smallest absolute Gasteiger partial charge is 0.224 e. The first-order valence-corrected chi connectivity index (χ1v) is 7.47. The fourth-order valence-electron chi connectivity index (χ4n) is 2.27. The molecule has 0 bridgehead atoms. The number of rotatable bonds is 5. The molecule has 23 heavy (non-hydrogen) atoms. The summed E-state index contributed by atoms with van der Waals surface area (Å²) < 4.78 is 0. The molecule has 3 rings (SSSR count). The normalized spacial score (nSPS) is 12.1. The van der Waals surface area contributed by atoms with Crippen LogP contribution in [0.1, 0.15) is 31.9 Å². The number of nitrogens with one attached hydrogen (secondary N) is 3. The van der Waals surface area contributed by atoms with E-state index in [0.717, 1.165) is 22.5 Å². The van der Waals surface area contributed by atoms with Gasteiger partial charge in [-0.1, -0.05) is 19.1 Å². The predicted molar refractivity (Wildman–Crippen MR) is 89.1 cm³/mol. The van der Waals surface area contributed by atoms with Crippen molar-refractivity contribution in [1.82, 2.24) is 20.2 Å². The van der Waals surface area contributed by atoms with Crippen molar-refractivity contribution in [3.8, 4) is 0 Å². The highest BCUT2D eigenvalue weighted by atomic mass is 16.1. The van der Waals surface area contributed by atoms with Crippen LogP contribution in [0.5, 0.6) is 0 Å². The molecule has 3 N–H and O–H groups in total. The maximum Gasteiger partial charge on any atom is 0.224 e. The minimum absolute atomic E-state index is 0.00672. The van der Waals surface area contributed by atoms with Gasteiger partial charge in [-0.25, -0.2) is 9.97 Å². The van der Waals surface area contributed by atoms with Crippen molar-refractivity contribution in [2.45, 2.75) is 26.3 Å². The highest BCUT2D eigenvalue weighted by Crippen LogP contribution is 2.23. The van der Waals surface area contributed by atoms with Crippen LogP contribution in [-0.4, -0.2) is 26.1 Å². The summed E-state index contributed by atoms with van der Waals surface area (Å²) in [5.74, 6) is 0.742. The van der Waals surface area contributed by atoms with E-state index in [1.165, 1.54) is 6.33 Å². The van der Waals surface area contributed by atoms with Crippen LogP contribution in [0.25, 0.3) is 11.0 Å². The summed E-state index contributed by atoms with van der Waals surface area (Å²) in [6.07, 6.45) is 3.67. The Balaban J connectivity index is 1.74. The zero-order valence-electron chi connectivity index (χ0n) is 13.0. The number of hydrogen-bond acceptors (Lipinski definition) is 5. The number of H-pyrrole nitrogens is 1. The van der Waals surface area contributed by atoms with E-state index in [4.69, 9.17) is 0 Å². The van der Waals surface area contributed by atoms with E-state index in [0.29, 0.717) is 12.1 Å². The molecule has 0 saturated heterocycles. The van der Waals surface area contributed by atoms with Gasteiger partial charge in [0.2, 0.25) is 5.91 Å². The number of carbonyl (C=O) groups excluding carboxylic acids is 1. The van der Waals surface area contributed by atoms with Gasteiger partial charge in [-0.2, -0.15) is 5.10 Å². The molecule has 1 amide bonds. The first-order chi connectivity index (χ1) is 11.2. The van der Waals surface area contributed by atoms with Gasteiger partial charge in [0.1, 0.15) is 12.1 Å². The maximum absolute atomic E-state index is 11.4. The van der Waals surface area contributed by atoms with Crippen LogP contribution in [-0.2, 0) is 4.79 Å². The largest absolute Gasteiger partial charge is 0.363 e. The number of nitrogens with zero attached hydrogens (tertiary/aromatic N) is 3. The van der Waals surface area contributed by atoms with Crippen LogP contribution in [0.2, 0.25) is 0 Å². The minimum Gasteiger partial charge on any atom is -0.363 e. The lowest BCUT2D eigenvalue weighted by molar-refractivity contribution is -0.115. The average Bonchev–Trinajstić information content (AvgIpc) is 3.05. The molecule has 118 valence electrons. The number of aromatic amines is 1. The second kappa shape index (κ2) is 6.43. The molecule has 0 radical (unpaired) electrons. The average molecular weight is 310 g/mol. The number of benzene rings is 1. The van der Waals surface area contributed by atoms with E-state index >= 15 is 0 Å². The molecular weight excluding hydrogens is 292 g/mol. The van der Waals surface area contributed by atoms with E-state index in [2.05, 4.69) is 30.8 Å². The molecule has 0 aliphatic rings. The molecule has 2 aromatic heterocycles. The first-order valence-electron chi connectivity index (χ1n) is 7.47. The fraction of sp³-hybridized carbons (Fsp3) is 0.250. The SMILES string of the molecule is CCC(=O)Nc1ccc(C(C)Nc2ncnc3[nH]ncc23)cc1. The third kappa shape index (κ3) is 3.28. The lowest BCUT2D eigenvalue weighted by Crippen LogP contribution is -2.10. The number of anilines is 2. The van der Waals surface area contributed by atoms with Gasteiger partial charge < -0.3 is 10.6 Å². The van der Waals surface area contributed by atoms with Gasteiger partial charge in [-0.3, -0.25) is 9.89 Å². The number of aromatic nitrogens is 4. The fourth-order valence-corrected chi connectivity index (χ4v) is 2.27. The lowest BCUT2D eigenvalue weighted by atomic mass is 10.1. The van der Waals surface area contributed by atoms with Crippen LogP contribution in [0.3, 0.4) is 0 Å².